The molecule has 0 N–H and O–H groups in total. The van der Waals surface area contributed by atoms with Gasteiger partial charge in [-0.3, -0.25) is 4.79 Å². The molecule has 1 unspecified atom stereocenters. The fourth-order valence-electron chi connectivity index (χ4n) is 1.78. The van der Waals surface area contributed by atoms with E-state index < -0.39 is 6.29 Å². The van der Waals surface area contributed by atoms with Gasteiger partial charge in [0.1, 0.15) is 17.9 Å². The van der Waals surface area contributed by atoms with E-state index in [1.807, 2.05) is 18.2 Å². The number of rotatable bonds is 7. The van der Waals surface area contributed by atoms with Crippen LogP contribution >= 0.6 is 11.6 Å². The van der Waals surface area contributed by atoms with Crippen molar-refractivity contribution in [2.45, 2.75) is 19.6 Å². The van der Waals surface area contributed by atoms with Crippen molar-refractivity contribution in [2.24, 2.45) is 0 Å². The smallest absolute Gasteiger partial charge is 0.313 e. The molecule has 0 heterocycles. The monoisotopic (exact) mass is 320 g/mol. The Labute approximate surface area is 134 Å². The Kier molecular flexibility index (Phi) is 6.10. The topological polar surface area (TPSA) is 44.8 Å². The van der Waals surface area contributed by atoms with E-state index in [0.717, 1.165) is 0 Å². The van der Waals surface area contributed by atoms with E-state index in [-0.39, 0.29) is 12.4 Å². The van der Waals surface area contributed by atoms with Crippen molar-refractivity contribution >= 4 is 17.6 Å². The predicted molar refractivity (Wildman–Crippen MR) is 84.2 cm³/mol. The molecule has 0 aliphatic rings. The zero-order valence-corrected chi connectivity index (χ0v) is 13.0. The Morgan fingerprint density at radius 2 is 1.59 bits per heavy atom. The highest BCUT2D eigenvalue weighted by atomic mass is 35.5. The maximum Gasteiger partial charge on any atom is 0.313 e. The van der Waals surface area contributed by atoms with Crippen LogP contribution in [0.1, 0.15) is 13.3 Å². The van der Waals surface area contributed by atoms with E-state index in [2.05, 4.69) is 0 Å². The summed E-state index contributed by atoms with van der Waals surface area (Å²) in [5, 5.41) is 0.610. The van der Waals surface area contributed by atoms with Crippen LogP contribution < -0.4 is 9.47 Å². The van der Waals surface area contributed by atoms with Crippen LogP contribution in [-0.4, -0.2) is 18.9 Å². The summed E-state index contributed by atoms with van der Waals surface area (Å²) in [6.45, 7) is 2.07. The third-order valence-corrected chi connectivity index (χ3v) is 2.98. The summed E-state index contributed by atoms with van der Waals surface area (Å²) < 4.78 is 16.4. The molecule has 0 bridgehead atoms. The highest BCUT2D eigenvalue weighted by Crippen LogP contribution is 2.20. The first kappa shape index (κ1) is 16.2. The third-order valence-electron chi connectivity index (χ3n) is 2.73. The summed E-state index contributed by atoms with van der Waals surface area (Å²) in [6.07, 6.45) is -0.784. The van der Waals surface area contributed by atoms with Crippen molar-refractivity contribution in [3.05, 3.63) is 59.6 Å². The quantitative estimate of drug-likeness (QED) is 0.569. The van der Waals surface area contributed by atoms with Gasteiger partial charge >= 0.3 is 5.97 Å². The van der Waals surface area contributed by atoms with E-state index in [9.17, 15) is 4.79 Å². The van der Waals surface area contributed by atoms with E-state index in [4.69, 9.17) is 25.8 Å². The van der Waals surface area contributed by atoms with Gasteiger partial charge in [-0.05, 0) is 43.3 Å². The molecule has 0 saturated carbocycles. The molecule has 0 aliphatic heterocycles. The number of esters is 1. The standard InChI is InChI=1S/C17H17ClO4/c1-2-20-16(19)12-17(21-14-6-4-3-5-7-14)22-15-10-8-13(18)9-11-15/h3-11,17H,2,12H2,1H3. The summed E-state index contributed by atoms with van der Waals surface area (Å²) in [4.78, 5) is 11.7. The van der Waals surface area contributed by atoms with Gasteiger partial charge in [0.15, 0.2) is 0 Å². The maximum absolute atomic E-state index is 11.7. The normalized spacial score (nSPS) is 11.5. The lowest BCUT2D eigenvalue weighted by atomic mass is 10.3. The largest absolute Gasteiger partial charge is 0.466 e. The summed E-state index contributed by atoms with van der Waals surface area (Å²) in [5.74, 6) is 0.804. The molecular weight excluding hydrogens is 304 g/mol. The molecule has 2 rings (SSSR count). The van der Waals surface area contributed by atoms with Gasteiger partial charge < -0.3 is 14.2 Å². The molecule has 4 nitrogen and oxygen atoms in total. The van der Waals surface area contributed by atoms with Gasteiger partial charge in [0.05, 0.1) is 6.61 Å². The minimum atomic E-state index is -0.775. The van der Waals surface area contributed by atoms with Crippen LogP contribution in [0.25, 0.3) is 0 Å². The molecule has 116 valence electrons. The van der Waals surface area contributed by atoms with Crippen molar-refractivity contribution in [3.8, 4) is 11.5 Å². The Balaban J connectivity index is 2.06. The molecule has 1 atom stereocenters. The number of ether oxygens (including phenoxy) is 3. The molecule has 2 aromatic rings. The van der Waals surface area contributed by atoms with Crippen LogP contribution in [0.15, 0.2) is 54.6 Å². The summed E-state index contributed by atoms with van der Waals surface area (Å²) in [5.41, 5.74) is 0. The molecular formula is C17H17ClO4. The van der Waals surface area contributed by atoms with Crippen LogP contribution in [0.4, 0.5) is 0 Å². The van der Waals surface area contributed by atoms with Crippen LogP contribution in [0, 0.1) is 0 Å². The van der Waals surface area contributed by atoms with E-state index in [1.165, 1.54) is 0 Å². The van der Waals surface area contributed by atoms with Gasteiger partial charge in [0.2, 0.25) is 0 Å². The number of carbonyl (C=O) groups is 1. The van der Waals surface area contributed by atoms with E-state index in [1.54, 1.807) is 43.3 Å². The molecule has 0 fully saturated rings. The molecule has 0 radical (unpaired) electrons. The second-order valence-corrected chi connectivity index (χ2v) is 4.88. The minimum Gasteiger partial charge on any atom is -0.466 e. The Morgan fingerprint density at radius 1 is 1.00 bits per heavy atom. The summed E-state index contributed by atoms with van der Waals surface area (Å²) in [6, 6.07) is 16.0. The lowest BCUT2D eigenvalue weighted by Gasteiger charge is -2.20. The number of benzene rings is 2. The Morgan fingerprint density at radius 3 is 2.18 bits per heavy atom. The average Bonchev–Trinajstić information content (AvgIpc) is 2.51. The van der Waals surface area contributed by atoms with Gasteiger partial charge in [0, 0.05) is 5.02 Å². The molecule has 5 heteroatoms. The van der Waals surface area contributed by atoms with Gasteiger partial charge in [-0.1, -0.05) is 29.8 Å². The van der Waals surface area contributed by atoms with Gasteiger partial charge in [-0.2, -0.15) is 0 Å². The zero-order chi connectivity index (χ0) is 15.8. The number of hydrogen-bond acceptors (Lipinski definition) is 4. The Bertz CT molecular complexity index is 583. The number of halogens is 1. The highest BCUT2D eigenvalue weighted by molar-refractivity contribution is 6.30. The molecule has 0 saturated heterocycles. The first-order chi connectivity index (χ1) is 10.7. The van der Waals surface area contributed by atoms with Crippen molar-refractivity contribution in [1.82, 2.24) is 0 Å². The molecule has 0 aliphatic carbocycles. The number of para-hydroxylation sites is 1. The lowest BCUT2D eigenvalue weighted by molar-refractivity contribution is -0.148. The predicted octanol–water partition coefficient (Wildman–Crippen LogP) is 4.08. The maximum atomic E-state index is 11.7. The molecule has 0 aromatic heterocycles. The molecule has 0 spiro atoms. The minimum absolute atomic E-state index is 0.00857. The first-order valence-electron chi connectivity index (χ1n) is 6.97. The summed E-state index contributed by atoms with van der Waals surface area (Å²) >= 11 is 5.84. The van der Waals surface area contributed by atoms with Gasteiger partial charge in [0.25, 0.3) is 6.29 Å². The van der Waals surface area contributed by atoms with Crippen LogP contribution in [-0.2, 0) is 9.53 Å². The van der Waals surface area contributed by atoms with Crippen LogP contribution in [0.5, 0.6) is 11.5 Å². The number of carbonyl (C=O) groups excluding carboxylic acids is 1. The van der Waals surface area contributed by atoms with Gasteiger partial charge in [-0.25, -0.2) is 0 Å². The average molecular weight is 321 g/mol. The van der Waals surface area contributed by atoms with E-state index in [0.29, 0.717) is 23.1 Å². The highest BCUT2D eigenvalue weighted by Gasteiger charge is 2.18. The first-order valence-corrected chi connectivity index (χ1v) is 7.34. The molecule has 22 heavy (non-hydrogen) atoms. The molecule has 2 aromatic carbocycles. The second kappa shape index (κ2) is 8.29. The number of hydrogen-bond donors (Lipinski definition) is 0. The molecule has 0 amide bonds. The fraction of sp³-hybridized carbons (Fsp3) is 0.235. The van der Waals surface area contributed by atoms with Crippen LogP contribution in [0.3, 0.4) is 0 Å². The fourth-order valence-corrected chi connectivity index (χ4v) is 1.91. The van der Waals surface area contributed by atoms with Crippen molar-refractivity contribution in [1.29, 1.82) is 0 Å². The SMILES string of the molecule is CCOC(=O)CC(Oc1ccccc1)Oc1ccc(Cl)cc1. The van der Waals surface area contributed by atoms with Gasteiger partial charge in [-0.15, -0.1) is 0 Å². The second-order valence-electron chi connectivity index (χ2n) is 4.44. The lowest BCUT2D eigenvalue weighted by Crippen LogP contribution is -2.28. The van der Waals surface area contributed by atoms with Crippen LogP contribution in [0.2, 0.25) is 5.02 Å². The zero-order valence-electron chi connectivity index (χ0n) is 12.2. The van der Waals surface area contributed by atoms with Crippen molar-refractivity contribution < 1.29 is 19.0 Å². The van der Waals surface area contributed by atoms with E-state index >= 15 is 0 Å². The summed E-state index contributed by atoms with van der Waals surface area (Å²) in [7, 11) is 0. The Hall–Kier alpha value is -2.20. The van der Waals surface area contributed by atoms with Crippen molar-refractivity contribution in [3.63, 3.8) is 0 Å². The third kappa shape index (κ3) is 5.30. The van der Waals surface area contributed by atoms with Crippen molar-refractivity contribution in [2.75, 3.05) is 6.61 Å².